The lowest BCUT2D eigenvalue weighted by Gasteiger charge is -2.08. The Balaban J connectivity index is 1.86. The Kier molecular flexibility index (Phi) is 5.51. The molecule has 7 nitrogen and oxygen atoms in total. The number of carbonyl (C=O) groups is 3. The van der Waals surface area contributed by atoms with Gasteiger partial charge < -0.3 is 20.5 Å². The van der Waals surface area contributed by atoms with Crippen molar-refractivity contribution in [2.24, 2.45) is 5.73 Å². The fraction of sp³-hybridized carbons (Fsp3) is 0.118. The molecule has 0 fully saturated rings. The minimum absolute atomic E-state index is 0.199. The van der Waals surface area contributed by atoms with E-state index in [-0.39, 0.29) is 12.5 Å². The Labute approximate surface area is 138 Å². The first kappa shape index (κ1) is 17.0. The number of hydrogen-bond acceptors (Lipinski definition) is 5. The zero-order valence-electron chi connectivity index (χ0n) is 12.9. The fourth-order valence-electron chi connectivity index (χ4n) is 1.87. The molecule has 2 rings (SSSR count). The summed E-state index contributed by atoms with van der Waals surface area (Å²) in [6.07, 6.45) is 0. The standard InChI is InChI=1S/C17H16N2O5/c1-23-17(22)12-4-8-14(9-5-12)24-10-15(20)19-13-6-2-11(3-7-13)16(18)21/h2-9H,10H2,1H3,(H2,18,21)(H,19,20). The second-order valence-corrected chi connectivity index (χ2v) is 4.79. The Morgan fingerprint density at radius 3 is 2.08 bits per heavy atom. The highest BCUT2D eigenvalue weighted by atomic mass is 16.5. The Morgan fingerprint density at radius 1 is 0.958 bits per heavy atom. The van der Waals surface area contributed by atoms with Crippen LogP contribution in [0.25, 0.3) is 0 Å². The molecule has 0 radical (unpaired) electrons. The van der Waals surface area contributed by atoms with Gasteiger partial charge in [0.15, 0.2) is 6.61 Å². The van der Waals surface area contributed by atoms with Gasteiger partial charge in [0.05, 0.1) is 12.7 Å². The first-order valence-electron chi connectivity index (χ1n) is 7.00. The molecular formula is C17H16N2O5. The van der Waals surface area contributed by atoms with Crippen LogP contribution < -0.4 is 15.8 Å². The summed E-state index contributed by atoms with van der Waals surface area (Å²) in [4.78, 5) is 34.1. The number of rotatable bonds is 6. The molecule has 2 aromatic carbocycles. The van der Waals surface area contributed by atoms with Gasteiger partial charge in [-0.3, -0.25) is 9.59 Å². The number of nitrogens with two attached hydrogens (primary N) is 1. The number of primary amides is 1. The number of carbonyl (C=O) groups excluding carboxylic acids is 3. The first-order valence-corrected chi connectivity index (χ1v) is 7.00. The molecule has 2 amide bonds. The highest BCUT2D eigenvalue weighted by Crippen LogP contribution is 2.13. The predicted molar refractivity (Wildman–Crippen MR) is 86.9 cm³/mol. The molecule has 3 N–H and O–H groups in total. The molecule has 24 heavy (non-hydrogen) atoms. The van der Waals surface area contributed by atoms with Crippen LogP contribution in [-0.2, 0) is 9.53 Å². The second-order valence-electron chi connectivity index (χ2n) is 4.79. The predicted octanol–water partition coefficient (Wildman–Crippen LogP) is 1.59. The van der Waals surface area contributed by atoms with Crippen molar-refractivity contribution >= 4 is 23.5 Å². The monoisotopic (exact) mass is 328 g/mol. The number of anilines is 1. The molecule has 0 aliphatic heterocycles. The SMILES string of the molecule is COC(=O)c1ccc(OCC(=O)Nc2ccc(C(N)=O)cc2)cc1. The summed E-state index contributed by atoms with van der Waals surface area (Å²) in [6, 6.07) is 12.4. The van der Waals surface area contributed by atoms with Crippen molar-refractivity contribution in [1.29, 1.82) is 0 Å². The second kappa shape index (κ2) is 7.77. The smallest absolute Gasteiger partial charge is 0.337 e. The quantitative estimate of drug-likeness (QED) is 0.783. The lowest BCUT2D eigenvalue weighted by molar-refractivity contribution is -0.118. The summed E-state index contributed by atoms with van der Waals surface area (Å²) in [6.45, 7) is -0.199. The molecule has 0 heterocycles. The van der Waals surface area contributed by atoms with Crippen LogP contribution in [0.5, 0.6) is 5.75 Å². The van der Waals surface area contributed by atoms with Crippen LogP contribution in [0.1, 0.15) is 20.7 Å². The third-order valence-electron chi connectivity index (χ3n) is 3.10. The van der Waals surface area contributed by atoms with E-state index in [1.54, 1.807) is 36.4 Å². The van der Waals surface area contributed by atoms with E-state index in [1.165, 1.54) is 19.2 Å². The number of benzene rings is 2. The van der Waals surface area contributed by atoms with Crippen molar-refractivity contribution in [3.8, 4) is 5.75 Å². The summed E-state index contributed by atoms with van der Waals surface area (Å²) in [5.74, 6) is -0.897. The maximum Gasteiger partial charge on any atom is 0.337 e. The number of hydrogen-bond donors (Lipinski definition) is 2. The van der Waals surface area contributed by atoms with Crippen LogP contribution in [0.2, 0.25) is 0 Å². The summed E-state index contributed by atoms with van der Waals surface area (Å²) in [5, 5.41) is 2.63. The summed E-state index contributed by atoms with van der Waals surface area (Å²) in [5.41, 5.74) is 6.41. The average molecular weight is 328 g/mol. The Hall–Kier alpha value is -3.35. The van der Waals surface area contributed by atoms with E-state index in [2.05, 4.69) is 10.1 Å². The minimum Gasteiger partial charge on any atom is -0.484 e. The van der Waals surface area contributed by atoms with Gasteiger partial charge in [-0.15, -0.1) is 0 Å². The molecule has 2 aromatic rings. The van der Waals surface area contributed by atoms with E-state index in [9.17, 15) is 14.4 Å². The van der Waals surface area contributed by atoms with E-state index in [1.807, 2.05) is 0 Å². The van der Waals surface area contributed by atoms with Crippen molar-refractivity contribution in [3.63, 3.8) is 0 Å². The van der Waals surface area contributed by atoms with Crippen LogP contribution in [-0.4, -0.2) is 31.5 Å². The lowest BCUT2D eigenvalue weighted by Crippen LogP contribution is -2.20. The van der Waals surface area contributed by atoms with Gasteiger partial charge in [0.2, 0.25) is 5.91 Å². The van der Waals surface area contributed by atoms with Crippen molar-refractivity contribution in [2.75, 3.05) is 19.0 Å². The van der Waals surface area contributed by atoms with Crippen molar-refractivity contribution in [2.45, 2.75) is 0 Å². The van der Waals surface area contributed by atoms with Crippen LogP contribution in [0.4, 0.5) is 5.69 Å². The van der Waals surface area contributed by atoms with Gasteiger partial charge >= 0.3 is 5.97 Å². The maximum atomic E-state index is 11.8. The molecule has 0 saturated carbocycles. The number of nitrogens with one attached hydrogen (secondary N) is 1. The van der Waals surface area contributed by atoms with Crippen molar-refractivity contribution in [1.82, 2.24) is 0 Å². The molecule has 0 aliphatic carbocycles. The van der Waals surface area contributed by atoms with Crippen LogP contribution >= 0.6 is 0 Å². The van der Waals surface area contributed by atoms with Crippen LogP contribution in [0, 0.1) is 0 Å². The van der Waals surface area contributed by atoms with Crippen molar-refractivity contribution < 1.29 is 23.9 Å². The molecule has 124 valence electrons. The number of methoxy groups -OCH3 is 1. The molecule has 0 saturated heterocycles. The summed E-state index contributed by atoms with van der Waals surface area (Å²) in [7, 11) is 1.30. The first-order chi connectivity index (χ1) is 11.5. The largest absolute Gasteiger partial charge is 0.484 e. The van der Waals surface area contributed by atoms with Gasteiger partial charge in [0.25, 0.3) is 5.91 Å². The normalized spacial score (nSPS) is 9.88. The van der Waals surface area contributed by atoms with Gasteiger partial charge in [-0.05, 0) is 48.5 Å². The minimum atomic E-state index is -0.536. The molecular weight excluding hydrogens is 312 g/mol. The average Bonchev–Trinajstić information content (AvgIpc) is 2.60. The van der Waals surface area contributed by atoms with Crippen LogP contribution in [0.15, 0.2) is 48.5 Å². The van der Waals surface area contributed by atoms with Gasteiger partial charge in [-0.1, -0.05) is 0 Å². The van der Waals surface area contributed by atoms with Gasteiger partial charge in [-0.25, -0.2) is 4.79 Å². The van der Waals surface area contributed by atoms with Gasteiger partial charge in [-0.2, -0.15) is 0 Å². The molecule has 0 atom stereocenters. The van der Waals surface area contributed by atoms with Crippen molar-refractivity contribution in [3.05, 3.63) is 59.7 Å². The van der Waals surface area contributed by atoms with E-state index < -0.39 is 11.9 Å². The molecule has 0 aliphatic rings. The van der Waals surface area contributed by atoms with Gasteiger partial charge in [0.1, 0.15) is 5.75 Å². The van der Waals surface area contributed by atoms with Gasteiger partial charge in [0, 0.05) is 11.3 Å². The number of esters is 1. The van der Waals surface area contributed by atoms with E-state index in [0.717, 1.165) is 0 Å². The third-order valence-corrected chi connectivity index (χ3v) is 3.10. The highest BCUT2D eigenvalue weighted by Gasteiger charge is 2.07. The molecule has 7 heteroatoms. The molecule has 0 unspecified atom stereocenters. The van der Waals surface area contributed by atoms with Crippen LogP contribution in [0.3, 0.4) is 0 Å². The maximum absolute atomic E-state index is 11.8. The Morgan fingerprint density at radius 2 is 1.54 bits per heavy atom. The number of ether oxygens (including phenoxy) is 2. The zero-order chi connectivity index (χ0) is 17.5. The summed E-state index contributed by atoms with van der Waals surface area (Å²) < 4.78 is 9.92. The fourth-order valence-corrected chi connectivity index (χ4v) is 1.87. The zero-order valence-corrected chi connectivity index (χ0v) is 12.9. The highest BCUT2D eigenvalue weighted by molar-refractivity contribution is 5.95. The van der Waals surface area contributed by atoms with E-state index >= 15 is 0 Å². The molecule has 0 spiro atoms. The Bertz CT molecular complexity index is 739. The number of amides is 2. The lowest BCUT2D eigenvalue weighted by atomic mass is 10.2. The topological polar surface area (TPSA) is 108 Å². The molecule has 0 bridgehead atoms. The molecule has 0 aromatic heterocycles. The third kappa shape index (κ3) is 4.57. The van der Waals surface area contributed by atoms with E-state index in [0.29, 0.717) is 22.6 Å². The summed E-state index contributed by atoms with van der Waals surface area (Å²) >= 11 is 0. The van der Waals surface area contributed by atoms with E-state index in [4.69, 9.17) is 10.5 Å².